The lowest BCUT2D eigenvalue weighted by Crippen LogP contribution is -2.54. The van der Waals surface area contributed by atoms with Crippen molar-refractivity contribution in [3.63, 3.8) is 0 Å². The number of ether oxygens (including phenoxy) is 1. The van der Waals surface area contributed by atoms with Crippen LogP contribution in [0.1, 0.15) is 34.5 Å². The first-order valence-electron chi connectivity index (χ1n) is 12.4. The Hall–Kier alpha value is -4.24. The van der Waals surface area contributed by atoms with Crippen LogP contribution in [0.15, 0.2) is 73.4 Å². The molecule has 2 heterocycles. The van der Waals surface area contributed by atoms with Crippen LogP contribution in [0, 0.1) is 12.7 Å². The van der Waals surface area contributed by atoms with Crippen LogP contribution < -0.4 is 10.1 Å². The molecule has 2 atom stereocenters. The van der Waals surface area contributed by atoms with E-state index in [0.29, 0.717) is 48.6 Å². The predicted molar refractivity (Wildman–Crippen MR) is 143 cm³/mol. The van der Waals surface area contributed by atoms with Crippen molar-refractivity contribution in [2.75, 3.05) is 31.5 Å². The van der Waals surface area contributed by atoms with E-state index in [1.165, 1.54) is 24.4 Å². The number of aromatic nitrogens is 1. The summed E-state index contributed by atoms with van der Waals surface area (Å²) in [6.07, 6.45) is 2.32. The van der Waals surface area contributed by atoms with E-state index in [1.807, 2.05) is 13.0 Å². The van der Waals surface area contributed by atoms with E-state index in [0.717, 1.165) is 0 Å². The molecule has 1 fully saturated rings. The molecule has 1 saturated heterocycles. The summed E-state index contributed by atoms with van der Waals surface area (Å²) < 4.78 is 20.8. The maximum Gasteiger partial charge on any atom is 0.256 e. The average molecular weight is 519 g/mol. The molecule has 8 nitrogen and oxygen atoms in total. The van der Waals surface area contributed by atoms with Crippen molar-refractivity contribution in [3.05, 3.63) is 96.0 Å². The number of carbonyl (C=O) groups is 2. The van der Waals surface area contributed by atoms with Gasteiger partial charge in [-0.05, 0) is 73.5 Å². The van der Waals surface area contributed by atoms with E-state index >= 15 is 0 Å². The van der Waals surface area contributed by atoms with Crippen molar-refractivity contribution < 1.29 is 23.8 Å². The first kappa shape index (κ1) is 26.8. The number of amides is 2. The van der Waals surface area contributed by atoms with Gasteiger partial charge in [0.05, 0.1) is 0 Å². The highest BCUT2D eigenvalue weighted by Gasteiger charge is 2.28. The van der Waals surface area contributed by atoms with E-state index in [2.05, 4.69) is 21.8 Å². The number of hydrogen-bond donors (Lipinski definition) is 2. The number of rotatable bonds is 8. The molecule has 2 aromatic carbocycles. The molecule has 0 radical (unpaired) electrons. The minimum atomic E-state index is -0.482. The Morgan fingerprint density at radius 1 is 1.24 bits per heavy atom. The smallest absolute Gasteiger partial charge is 0.256 e. The minimum Gasteiger partial charge on any atom is -0.504 e. The second-order valence-electron chi connectivity index (χ2n) is 9.31. The first-order chi connectivity index (χ1) is 18.2. The zero-order valence-electron chi connectivity index (χ0n) is 21.4. The summed E-state index contributed by atoms with van der Waals surface area (Å²) in [7, 11) is 0. The van der Waals surface area contributed by atoms with Gasteiger partial charge in [-0.15, -0.1) is 0 Å². The number of halogens is 1. The summed E-state index contributed by atoms with van der Waals surface area (Å²) in [6.45, 7) is 9.63. The SMILES string of the molecule is C=CC(=O)N1CCN(C[C@H](Oc2ccc(C(=O)Nc3ncccc3O)cc2)c2ccc(C)c(F)c2)C[C@H]1C. The van der Waals surface area contributed by atoms with Gasteiger partial charge in [0, 0.05) is 44.0 Å². The molecule has 2 amide bonds. The highest BCUT2D eigenvalue weighted by Crippen LogP contribution is 2.27. The fourth-order valence-electron chi connectivity index (χ4n) is 4.42. The Morgan fingerprint density at radius 2 is 2.00 bits per heavy atom. The molecular weight excluding hydrogens is 487 g/mol. The maximum atomic E-state index is 14.5. The molecule has 0 spiro atoms. The van der Waals surface area contributed by atoms with E-state index in [-0.39, 0.29) is 29.3 Å². The summed E-state index contributed by atoms with van der Waals surface area (Å²) in [4.78, 5) is 32.7. The van der Waals surface area contributed by atoms with E-state index in [9.17, 15) is 19.1 Å². The second kappa shape index (κ2) is 11.9. The van der Waals surface area contributed by atoms with Gasteiger partial charge < -0.3 is 20.1 Å². The van der Waals surface area contributed by atoms with Gasteiger partial charge >= 0.3 is 0 Å². The first-order valence-corrected chi connectivity index (χ1v) is 12.4. The van der Waals surface area contributed by atoms with Crippen molar-refractivity contribution in [2.24, 2.45) is 0 Å². The van der Waals surface area contributed by atoms with Crippen LogP contribution in [0.4, 0.5) is 10.2 Å². The molecule has 0 saturated carbocycles. The highest BCUT2D eigenvalue weighted by molar-refractivity contribution is 6.04. The second-order valence-corrected chi connectivity index (χ2v) is 9.31. The van der Waals surface area contributed by atoms with Crippen LogP contribution in [0.3, 0.4) is 0 Å². The van der Waals surface area contributed by atoms with Gasteiger partial charge in [-0.2, -0.15) is 0 Å². The summed E-state index contributed by atoms with van der Waals surface area (Å²) in [5.41, 5.74) is 1.60. The molecule has 1 aliphatic heterocycles. The van der Waals surface area contributed by atoms with Gasteiger partial charge in [0.2, 0.25) is 5.91 Å². The minimum absolute atomic E-state index is 0.000918. The van der Waals surface area contributed by atoms with E-state index < -0.39 is 12.0 Å². The Labute approximate surface area is 221 Å². The molecule has 0 bridgehead atoms. The van der Waals surface area contributed by atoms with Crippen LogP contribution >= 0.6 is 0 Å². The Kier molecular flexibility index (Phi) is 8.38. The lowest BCUT2D eigenvalue weighted by atomic mass is 10.0. The number of hydrogen-bond acceptors (Lipinski definition) is 6. The zero-order valence-corrected chi connectivity index (χ0v) is 21.4. The molecule has 1 aromatic heterocycles. The Morgan fingerprint density at radius 3 is 2.66 bits per heavy atom. The van der Waals surface area contributed by atoms with Crippen LogP contribution in [0.5, 0.6) is 11.5 Å². The summed E-state index contributed by atoms with van der Waals surface area (Å²) in [5, 5.41) is 12.4. The normalized spacial score (nSPS) is 16.5. The lowest BCUT2D eigenvalue weighted by molar-refractivity contribution is -0.130. The van der Waals surface area contributed by atoms with Crippen LogP contribution in [0.2, 0.25) is 0 Å². The number of aromatic hydroxyl groups is 1. The number of nitrogens with zero attached hydrogens (tertiary/aromatic N) is 3. The molecule has 1 aliphatic rings. The molecule has 198 valence electrons. The third kappa shape index (κ3) is 6.36. The van der Waals surface area contributed by atoms with E-state index in [1.54, 1.807) is 48.2 Å². The molecule has 2 N–H and O–H groups in total. The quantitative estimate of drug-likeness (QED) is 0.431. The molecule has 3 aromatic rings. The van der Waals surface area contributed by atoms with Crippen LogP contribution in [0.25, 0.3) is 0 Å². The van der Waals surface area contributed by atoms with Gasteiger partial charge in [-0.1, -0.05) is 18.7 Å². The number of aryl methyl sites for hydroxylation is 1. The number of benzene rings is 2. The van der Waals surface area contributed by atoms with Crippen molar-refractivity contribution in [1.29, 1.82) is 0 Å². The fraction of sp³-hybridized carbons (Fsp3) is 0.276. The van der Waals surface area contributed by atoms with Crippen LogP contribution in [-0.2, 0) is 4.79 Å². The zero-order chi connectivity index (χ0) is 27.2. The lowest BCUT2D eigenvalue weighted by Gasteiger charge is -2.40. The Balaban J connectivity index is 1.49. The van der Waals surface area contributed by atoms with Crippen molar-refractivity contribution in [3.8, 4) is 11.5 Å². The Bertz CT molecular complexity index is 1310. The maximum absolute atomic E-state index is 14.5. The standard InChI is InChI=1S/C29H31FN4O4/c1-4-27(36)34-15-14-33(17-20(34)3)18-26(22-8-7-19(2)24(30)16-22)38-23-11-9-21(10-12-23)29(37)32-28-25(35)6-5-13-31-28/h4-13,16,20,26,35H,1,14-15,17-18H2,2-3H3,(H,31,32,37)/t20-,26+/m1/s1. The molecule has 38 heavy (non-hydrogen) atoms. The average Bonchev–Trinajstić information content (AvgIpc) is 2.91. The number of carbonyl (C=O) groups excluding carboxylic acids is 2. The number of anilines is 1. The molecule has 9 heteroatoms. The van der Waals surface area contributed by atoms with E-state index in [4.69, 9.17) is 4.74 Å². The van der Waals surface area contributed by atoms with Crippen LogP contribution in [-0.4, -0.2) is 63.9 Å². The largest absolute Gasteiger partial charge is 0.504 e. The number of nitrogens with one attached hydrogen (secondary N) is 1. The third-order valence-corrected chi connectivity index (χ3v) is 6.57. The van der Waals surface area contributed by atoms with Crippen molar-refractivity contribution in [2.45, 2.75) is 26.0 Å². The molecule has 0 aliphatic carbocycles. The highest BCUT2D eigenvalue weighted by atomic mass is 19.1. The molecule has 0 unspecified atom stereocenters. The fourth-order valence-corrected chi connectivity index (χ4v) is 4.42. The number of piperazine rings is 1. The summed E-state index contributed by atoms with van der Waals surface area (Å²) in [5.74, 6) is -0.365. The number of pyridine rings is 1. The topological polar surface area (TPSA) is 95.0 Å². The summed E-state index contributed by atoms with van der Waals surface area (Å²) in [6, 6.07) is 14.6. The monoisotopic (exact) mass is 518 g/mol. The van der Waals surface area contributed by atoms with Gasteiger partial charge in [-0.25, -0.2) is 9.37 Å². The molecule has 4 rings (SSSR count). The molecular formula is C29H31FN4O4. The van der Waals surface area contributed by atoms with Gasteiger partial charge in [0.1, 0.15) is 17.7 Å². The predicted octanol–water partition coefficient (Wildman–Crippen LogP) is 4.33. The van der Waals surface area contributed by atoms with Crippen molar-refractivity contribution >= 4 is 17.6 Å². The van der Waals surface area contributed by atoms with Crippen molar-refractivity contribution in [1.82, 2.24) is 14.8 Å². The van der Waals surface area contributed by atoms with Gasteiger partial charge in [0.25, 0.3) is 5.91 Å². The third-order valence-electron chi connectivity index (χ3n) is 6.57. The van der Waals surface area contributed by atoms with Gasteiger partial charge in [-0.3, -0.25) is 14.5 Å². The van der Waals surface area contributed by atoms with Gasteiger partial charge in [0.15, 0.2) is 11.6 Å². The summed E-state index contributed by atoms with van der Waals surface area (Å²) >= 11 is 0.